The first kappa shape index (κ1) is 19.5. The largest absolute Gasteiger partial charge is 1.00 e. The van der Waals surface area contributed by atoms with Crippen LogP contribution in [0.4, 0.5) is 0 Å². The maximum Gasteiger partial charge on any atom is 0.0589 e. The molecule has 0 aromatic rings. The Morgan fingerprint density at radius 1 is 0.625 bits per heavy atom. The molecule has 0 aromatic heterocycles. The molecule has 0 radical (unpaired) electrons. The minimum absolute atomic E-state index is 0. The van der Waals surface area contributed by atoms with Crippen LogP contribution in [-0.4, -0.2) is 25.7 Å². The van der Waals surface area contributed by atoms with Gasteiger partial charge in [-0.2, -0.15) is 0 Å². The van der Waals surface area contributed by atoms with Crippen molar-refractivity contribution >= 4 is 7.26 Å². The first-order valence-electron chi connectivity index (χ1n) is 6.94. The Labute approximate surface area is 122 Å². The van der Waals surface area contributed by atoms with Gasteiger partial charge in [-0.25, -0.2) is 0 Å². The standard InChI is InChI=1S/C14H32P.HI/c1-5-7-9-11-13-15(3,4)14-12-10-8-6-2;/h5-14H2,1-4H3;1H/q+1;/p-1. The quantitative estimate of drug-likeness (QED) is 0.320. The first-order chi connectivity index (χ1) is 7.12. The zero-order valence-electron chi connectivity index (χ0n) is 11.9. The smallest absolute Gasteiger partial charge is 0.0589 e. The molecule has 0 nitrogen and oxygen atoms in total. The second kappa shape index (κ2) is 12.6. The highest BCUT2D eigenvalue weighted by Gasteiger charge is 2.22. The van der Waals surface area contributed by atoms with Gasteiger partial charge in [0.05, 0.1) is 12.3 Å². The topological polar surface area (TPSA) is 0 Å². The molecule has 0 spiro atoms. The zero-order chi connectivity index (χ0) is 11.6. The average molecular weight is 358 g/mol. The van der Waals surface area contributed by atoms with Crippen LogP contribution < -0.4 is 24.0 Å². The second-order valence-corrected chi connectivity index (χ2v) is 10.3. The zero-order valence-corrected chi connectivity index (χ0v) is 14.9. The summed E-state index contributed by atoms with van der Waals surface area (Å²) >= 11 is 0. The molecule has 0 aliphatic heterocycles. The molecule has 0 amide bonds. The third-order valence-electron chi connectivity index (χ3n) is 3.23. The molecule has 0 fully saturated rings. The maximum absolute atomic E-state index is 2.56. The minimum atomic E-state index is -0.523. The number of hydrogen-bond acceptors (Lipinski definition) is 0. The molecule has 0 heterocycles. The molecule has 0 aliphatic carbocycles. The van der Waals surface area contributed by atoms with Crippen molar-refractivity contribution in [2.24, 2.45) is 0 Å². The van der Waals surface area contributed by atoms with Crippen molar-refractivity contribution in [3.63, 3.8) is 0 Å². The predicted molar refractivity (Wildman–Crippen MR) is 76.8 cm³/mol. The van der Waals surface area contributed by atoms with Crippen LogP contribution in [0.15, 0.2) is 0 Å². The predicted octanol–water partition coefficient (Wildman–Crippen LogP) is 2.43. The molecule has 0 aliphatic rings. The molecule has 100 valence electrons. The number of hydrogen-bond donors (Lipinski definition) is 0. The summed E-state index contributed by atoms with van der Waals surface area (Å²) in [5, 5.41) is 0. The van der Waals surface area contributed by atoms with Gasteiger partial charge in [0.25, 0.3) is 0 Å². The third kappa shape index (κ3) is 13.2. The SMILES string of the molecule is CCCCCC[P+](C)(C)CCCCCC.[I-]. The monoisotopic (exact) mass is 358 g/mol. The highest BCUT2D eigenvalue weighted by atomic mass is 127. The fourth-order valence-corrected chi connectivity index (χ4v) is 4.43. The van der Waals surface area contributed by atoms with E-state index in [0.29, 0.717) is 0 Å². The van der Waals surface area contributed by atoms with Gasteiger partial charge >= 0.3 is 0 Å². The van der Waals surface area contributed by atoms with Crippen molar-refractivity contribution in [2.75, 3.05) is 25.7 Å². The Morgan fingerprint density at radius 3 is 1.31 bits per heavy atom. The normalized spacial score (nSPS) is 11.2. The lowest BCUT2D eigenvalue weighted by Crippen LogP contribution is -3.00. The van der Waals surface area contributed by atoms with E-state index in [-0.39, 0.29) is 24.0 Å². The van der Waals surface area contributed by atoms with Crippen molar-refractivity contribution in [2.45, 2.75) is 65.2 Å². The van der Waals surface area contributed by atoms with E-state index in [1.165, 1.54) is 51.4 Å². The van der Waals surface area contributed by atoms with Crippen LogP contribution >= 0.6 is 7.26 Å². The van der Waals surface area contributed by atoms with E-state index in [4.69, 9.17) is 0 Å². The lowest BCUT2D eigenvalue weighted by atomic mass is 10.2. The van der Waals surface area contributed by atoms with Crippen molar-refractivity contribution < 1.29 is 24.0 Å². The third-order valence-corrected chi connectivity index (χ3v) is 6.29. The van der Waals surface area contributed by atoms with Crippen molar-refractivity contribution in [1.82, 2.24) is 0 Å². The fraction of sp³-hybridized carbons (Fsp3) is 1.00. The summed E-state index contributed by atoms with van der Waals surface area (Å²) in [6, 6.07) is 0. The Bertz CT molecular complexity index is 121. The van der Waals surface area contributed by atoms with Crippen molar-refractivity contribution in [1.29, 1.82) is 0 Å². The van der Waals surface area contributed by atoms with Crippen LogP contribution in [0.5, 0.6) is 0 Å². The first-order valence-corrected chi connectivity index (χ1v) is 9.99. The van der Waals surface area contributed by atoms with Gasteiger partial charge in [0.1, 0.15) is 0 Å². The van der Waals surface area contributed by atoms with Gasteiger partial charge in [0, 0.05) is 20.6 Å². The highest BCUT2D eigenvalue weighted by Crippen LogP contribution is 2.52. The van der Waals surface area contributed by atoms with Crippen molar-refractivity contribution in [3.05, 3.63) is 0 Å². The van der Waals surface area contributed by atoms with Crippen LogP contribution in [0.3, 0.4) is 0 Å². The van der Waals surface area contributed by atoms with E-state index in [1.54, 1.807) is 12.3 Å². The van der Waals surface area contributed by atoms with Gasteiger partial charge in [-0.05, 0) is 25.7 Å². The summed E-state index contributed by atoms with van der Waals surface area (Å²) in [5.41, 5.74) is 0. The fourth-order valence-electron chi connectivity index (χ4n) is 2.05. The molecule has 0 atom stereocenters. The molecular weight excluding hydrogens is 326 g/mol. The summed E-state index contributed by atoms with van der Waals surface area (Å²) in [6.07, 6.45) is 14.6. The molecule has 0 aromatic carbocycles. The van der Waals surface area contributed by atoms with E-state index in [0.717, 1.165) is 0 Å². The Morgan fingerprint density at radius 2 is 1.00 bits per heavy atom. The lowest BCUT2D eigenvalue weighted by Gasteiger charge is -2.17. The highest BCUT2D eigenvalue weighted by molar-refractivity contribution is 7.74. The van der Waals surface area contributed by atoms with Crippen molar-refractivity contribution in [3.8, 4) is 0 Å². The van der Waals surface area contributed by atoms with E-state index >= 15 is 0 Å². The van der Waals surface area contributed by atoms with Gasteiger partial charge in [0.15, 0.2) is 0 Å². The Hall–Kier alpha value is 1.16. The molecule has 0 saturated heterocycles. The Balaban J connectivity index is 0. The van der Waals surface area contributed by atoms with Crippen LogP contribution in [0, 0.1) is 0 Å². The van der Waals surface area contributed by atoms with Crippen LogP contribution in [0.1, 0.15) is 65.2 Å². The van der Waals surface area contributed by atoms with Gasteiger partial charge in [-0.15, -0.1) is 0 Å². The molecule has 16 heavy (non-hydrogen) atoms. The molecule has 0 rings (SSSR count). The number of unbranched alkanes of at least 4 members (excludes halogenated alkanes) is 6. The van der Waals surface area contributed by atoms with E-state index in [9.17, 15) is 0 Å². The van der Waals surface area contributed by atoms with Gasteiger partial charge < -0.3 is 24.0 Å². The molecule has 0 bridgehead atoms. The van der Waals surface area contributed by atoms with E-state index in [1.807, 2.05) is 0 Å². The summed E-state index contributed by atoms with van der Waals surface area (Å²) in [4.78, 5) is 0. The summed E-state index contributed by atoms with van der Waals surface area (Å²) in [7, 11) is -0.523. The van der Waals surface area contributed by atoms with Gasteiger partial charge in [-0.3, -0.25) is 0 Å². The molecule has 0 N–H and O–H groups in total. The van der Waals surface area contributed by atoms with Crippen LogP contribution in [0.25, 0.3) is 0 Å². The van der Waals surface area contributed by atoms with Crippen LogP contribution in [0.2, 0.25) is 0 Å². The molecule has 2 heteroatoms. The molecular formula is C14H32IP. The Kier molecular flexibility index (Phi) is 15.4. The lowest BCUT2D eigenvalue weighted by molar-refractivity contribution is -0.00000364. The maximum atomic E-state index is 2.56. The van der Waals surface area contributed by atoms with E-state index < -0.39 is 7.26 Å². The second-order valence-electron chi connectivity index (χ2n) is 5.50. The number of halogens is 1. The molecule has 0 unspecified atom stereocenters. The minimum Gasteiger partial charge on any atom is -1.00 e. The van der Waals surface area contributed by atoms with Gasteiger partial charge in [0.2, 0.25) is 0 Å². The summed E-state index contributed by atoms with van der Waals surface area (Å²) in [6.45, 7) is 9.71. The van der Waals surface area contributed by atoms with Crippen LogP contribution in [-0.2, 0) is 0 Å². The average Bonchev–Trinajstić information content (AvgIpc) is 2.20. The van der Waals surface area contributed by atoms with Gasteiger partial charge in [-0.1, -0.05) is 39.5 Å². The summed E-state index contributed by atoms with van der Waals surface area (Å²) < 4.78 is 0. The number of rotatable bonds is 10. The molecule has 0 saturated carbocycles. The van der Waals surface area contributed by atoms with E-state index in [2.05, 4.69) is 27.2 Å². The summed E-state index contributed by atoms with van der Waals surface area (Å²) in [5.74, 6) is 0.